The van der Waals surface area contributed by atoms with E-state index in [4.69, 9.17) is 5.73 Å². The molecule has 0 aliphatic carbocycles. The first kappa shape index (κ1) is 18.0. The standard InChI is InChI=1S/C17H17F3N4O2/c18-17(19,20)11-5-3-4-10(8-11)16(26)24-7-2-1-6-14(24)12-9-13(15(21)25)23-22-12/h3-5,8-9,14H,1-2,6-7H2,(H2,21,25)(H,22,23). The highest BCUT2D eigenvalue weighted by Gasteiger charge is 2.33. The second kappa shape index (κ2) is 6.81. The fourth-order valence-corrected chi connectivity index (χ4v) is 3.13. The maximum Gasteiger partial charge on any atom is 0.416 e. The number of alkyl halides is 3. The number of nitrogens with one attached hydrogen (secondary N) is 1. The van der Waals surface area contributed by atoms with E-state index in [0.29, 0.717) is 18.7 Å². The monoisotopic (exact) mass is 366 g/mol. The second-order valence-electron chi connectivity index (χ2n) is 6.16. The maximum absolute atomic E-state index is 12.9. The van der Waals surface area contributed by atoms with Gasteiger partial charge >= 0.3 is 6.18 Å². The molecule has 2 amide bonds. The molecule has 1 aromatic heterocycles. The molecular formula is C17H17F3N4O2. The van der Waals surface area contributed by atoms with Crippen LogP contribution in [-0.2, 0) is 6.18 Å². The number of primary amides is 1. The molecule has 1 aliphatic rings. The quantitative estimate of drug-likeness (QED) is 0.875. The summed E-state index contributed by atoms with van der Waals surface area (Å²) in [7, 11) is 0. The van der Waals surface area contributed by atoms with E-state index in [9.17, 15) is 22.8 Å². The molecule has 6 nitrogen and oxygen atoms in total. The van der Waals surface area contributed by atoms with E-state index >= 15 is 0 Å². The Morgan fingerprint density at radius 3 is 2.65 bits per heavy atom. The number of halogens is 3. The third-order valence-corrected chi connectivity index (χ3v) is 4.41. The molecule has 1 saturated heterocycles. The summed E-state index contributed by atoms with van der Waals surface area (Å²) >= 11 is 0. The van der Waals surface area contributed by atoms with Gasteiger partial charge in [0.1, 0.15) is 5.69 Å². The van der Waals surface area contributed by atoms with Gasteiger partial charge in [-0.2, -0.15) is 18.3 Å². The lowest BCUT2D eigenvalue weighted by atomic mass is 9.97. The first-order chi connectivity index (χ1) is 12.3. The van der Waals surface area contributed by atoms with E-state index < -0.39 is 29.6 Å². The smallest absolute Gasteiger partial charge is 0.364 e. The van der Waals surface area contributed by atoms with Gasteiger partial charge in [0.25, 0.3) is 11.8 Å². The van der Waals surface area contributed by atoms with E-state index in [1.165, 1.54) is 23.1 Å². The van der Waals surface area contributed by atoms with Gasteiger partial charge in [-0.3, -0.25) is 14.7 Å². The number of aromatic amines is 1. The molecule has 1 aromatic carbocycles. The number of carbonyl (C=O) groups is 2. The molecule has 26 heavy (non-hydrogen) atoms. The van der Waals surface area contributed by atoms with E-state index in [1.54, 1.807) is 0 Å². The Morgan fingerprint density at radius 2 is 2.00 bits per heavy atom. The zero-order chi connectivity index (χ0) is 18.9. The van der Waals surface area contributed by atoms with Crippen LogP contribution in [0.3, 0.4) is 0 Å². The molecule has 0 radical (unpaired) electrons. The zero-order valence-corrected chi connectivity index (χ0v) is 13.7. The Bertz CT molecular complexity index is 831. The van der Waals surface area contributed by atoms with Crippen LogP contribution in [0.1, 0.15) is 57.4 Å². The molecule has 0 spiro atoms. The van der Waals surface area contributed by atoms with Crippen LogP contribution in [0.5, 0.6) is 0 Å². The average molecular weight is 366 g/mol. The van der Waals surface area contributed by atoms with E-state index in [-0.39, 0.29) is 11.3 Å². The molecule has 1 aliphatic heterocycles. The van der Waals surface area contributed by atoms with Crippen molar-refractivity contribution in [3.8, 4) is 0 Å². The Hall–Kier alpha value is -2.84. The molecular weight excluding hydrogens is 349 g/mol. The fraction of sp³-hybridized carbons (Fsp3) is 0.353. The van der Waals surface area contributed by atoms with Gasteiger partial charge in [0.15, 0.2) is 0 Å². The highest BCUT2D eigenvalue weighted by molar-refractivity contribution is 5.95. The summed E-state index contributed by atoms with van der Waals surface area (Å²) in [6.45, 7) is 0.407. The summed E-state index contributed by atoms with van der Waals surface area (Å²) < 4.78 is 38.7. The van der Waals surface area contributed by atoms with Crippen LogP contribution in [0, 0.1) is 0 Å². The molecule has 138 valence electrons. The summed E-state index contributed by atoms with van der Waals surface area (Å²) in [6, 6.07) is 5.45. The van der Waals surface area contributed by atoms with Crippen molar-refractivity contribution in [1.82, 2.24) is 15.1 Å². The van der Waals surface area contributed by atoms with Gasteiger partial charge < -0.3 is 10.6 Å². The Kier molecular flexibility index (Phi) is 4.71. The van der Waals surface area contributed by atoms with Crippen LogP contribution in [-0.4, -0.2) is 33.5 Å². The normalized spacial score (nSPS) is 18.0. The number of piperidine rings is 1. The lowest BCUT2D eigenvalue weighted by Crippen LogP contribution is -2.38. The first-order valence-corrected chi connectivity index (χ1v) is 8.10. The van der Waals surface area contributed by atoms with Gasteiger partial charge in [0, 0.05) is 12.1 Å². The molecule has 9 heteroatoms. The summed E-state index contributed by atoms with van der Waals surface area (Å²) in [5.41, 5.74) is 4.89. The number of hydrogen-bond donors (Lipinski definition) is 2. The lowest BCUT2D eigenvalue weighted by Gasteiger charge is -2.35. The largest absolute Gasteiger partial charge is 0.416 e. The highest BCUT2D eigenvalue weighted by atomic mass is 19.4. The summed E-state index contributed by atoms with van der Waals surface area (Å²) in [5, 5.41) is 6.52. The van der Waals surface area contributed by atoms with Crippen molar-refractivity contribution in [3.05, 3.63) is 52.8 Å². The average Bonchev–Trinajstić information content (AvgIpc) is 3.11. The van der Waals surface area contributed by atoms with Crippen LogP contribution in [0.2, 0.25) is 0 Å². The molecule has 1 atom stereocenters. The molecule has 3 rings (SSSR count). The summed E-state index contributed by atoms with van der Waals surface area (Å²) in [6.07, 6.45) is -2.30. The first-order valence-electron chi connectivity index (χ1n) is 8.10. The maximum atomic E-state index is 12.9. The molecule has 2 aromatic rings. The molecule has 1 fully saturated rings. The van der Waals surface area contributed by atoms with E-state index in [1.807, 2.05) is 0 Å². The topological polar surface area (TPSA) is 92.1 Å². The van der Waals surface area contributed by atoms with Crippen molar-refractivity contribution >= 4 is 11.8 Å². The van der Waals surface area contributed by atoms with Gasteiger partial charge in [-0.15, -0.1) is 0 Å². The number of amides is 2. The van der Waals surface area contributed by atoms with Crippen molar-refractivity contribution in [1.29, 1.82) is 0 Å². The SMILES string of the molecule is NC(=O)c1cc(C2CCCCN2C(=O)c2cccc(C(F)(F)F)c2)[nH]n1. The third kappa shape index (κ3) is 3.56. The number of aromatic nitrogens is 2. The molecule has 2 heterocycles. The number of carbonyl (C=O) groups excluding carboxylic acids is 2. The zero-order valence-electron chi connectivity index (χ0n) is 13.7. The van der Waals surface area contributed by atoms with E-state index in [0.717, 1.165) is 25.0 Å². The minimum atomic E-state index is -4.52. The lowest BCUT2D eigenvalue weighted by molar-refractivity contribution is -0.137. The van der Waals surface area contributed by atoms with Gasteiger partial charge in [0.2, 0.25) is 0 Å². The minimum Gasteiger partial charge on any atom is -0.364 e. The van der Waals surface area contributed by atoms with Crippen LogP contribution < -0.4 is 5.73 Å². The van der Waals surface area contributed by atoms with Crippen LogP contribution >= 0.6 is 0 Å². The van der Waals surface area contributed by atoms with E-state index in [2.05, 4.69) is 10.2 Å². The molecule has 0 saturated carbocycles. The van der Waals surface area contributed by atoms with Crippen LogP contribution in [0.15, 0.2) is 30.3 Å². The molecule has 1 unspecified atom stereocenters. The van der Waals surface area contributed by atoms with Crippen LogP contribution in [0.4, 0.5) is 13.2 Å². The Morgan fingerprint density at radius 1 is 1.23 bits per heavy atom. The molecule has 3 N–H and O–H groups in total. The fourth-order valence-electron chi connectivity index (χ4n) is 3.13. The van der Waals surface area contributed by atoms with Crippen molar-refractivity contribution in [3.63, 3.8) is 0 Å². The number of H-pyrrole nitrogens is 1. The number of benzene rings is 1. The number of rotatable bonds is 3. The Labute approximate surface area is 147 Å². The number of hydrogen-bond acceptors (Lipinski definition) is 3. The minimum absolute atomic E-state index is 0.0265. The summed E-state index contributed by atoms with van der Waals surface area (Å²) in [4.78, 5) is 25.6. The predicted octanol–water partition coefficient (Wildman–Crippen LogP) is 2.89. The Balaban J connectivity index is 1.90. The second-order valence-corrected chi connectivity index (χ2v) is 6.16. The predicted molar refractivity (Wildman–Crippen MR) is 86.2 cm³/mol. The van der Waals surface area contributed by atoms with Crippen molar-refractivity contribution < 1.29 is 22.8 Å². The highest BCUT2D eigenvalue weighted by Crippen LogP contribution is 2.33. The third-order valence-electron chi connectivity index (χ3n) is 4.41. The number of nitrogens with zero attached hydrogens (tertiary/aromatic N) is 2. The number of likely N-dealkylation sites (tertiary alicyclic amines) is 1. The summed E-state index contributed by atoms with van der Waals surface area (Å²) in [5.74, 6) is -1.19. The van der Waals surface area contributed by atoms with Crippen molar-refractivity contribution in [2.24, 2.45) is 5.73 Å². The van der Waals surface area contributed by atoms with Gasteiger partial charge in [-0.25, -0.2) is 0 Å². The van der Waals surface area contributed by atoms with Crippen molar-refractivity contribution in [2.75, 3.05) is 6.54 Å². The van der Waals surface area contributed by atoms with Crippen LogP contribution in [0.25, 0.3) is 0 Å². The van der Waals surface area contributed by atoms with Gasteiger partial charge in [0.05, 0.1) is 17.3 Å². The van der Waals surface area contributed by atoms with Gasteiger partial charge in [-0.1, -0.05) is 6.07 Å². The number of nitrogens with two attached hydrogens (primary N) is 1. The molecule has 0 bridgehead atoms. The van der Waals surface area contributed by atoms with Crippen molar-refractivity contribution in [2.45, 2.75) is 31.5 Å². The van der Waals surface area contributed by atoms with Gasteiger partial charge in [-0.05, 0) is 43.5 Å².